The fraction of sp³-hybridized carbons (Fsp3) is 0.471. The molecule has 1 atom stereocenters. The van der Waals surface area contributed by atoms with Crippen molar-refractivity contribution in [1.82, 2.24) is 20.3 Å². The molecule has 4 amide bonds. The number of rotatable bonds is 5. The molecule has 0 radical (unpaired) electrons. The number of imide groups is 1. The van der Waals surface area contributed by atoms with Crippen LogP contribution in [0.1, 0.15) is 30.1 Å². The van der Waals surface area contributed by atoms with Crippen molar-refractivity contribution in [2.45, 2.75) is 31.3 Å². The largest absolute Gasteiger partial charge is 0.349 e. The van der Waals surface area contributed by atoms with Crippen molar-refractivity contribution in [1.29, 1.82) is 0 Å². The van der Waals surface area contributed by atoms with E-state index in [1.54, 1.807) is 24.3 Å². The second-order valence-corrected chi connectivity index (χ2v) is 8.98. The molecule has 0 aliphatic carbocycles. The fourth-order valence-electron chi connectivity index (χ4n) is 3.27. The maximum Gasteiger partial charge on any atom is 0.322 e. The van der Waals surface area contributed by atoms with Crippen LogP contribution < -0.4 is 16.0 Å². The second kappa shape index (κ2) is 7.28. The van der Waals surface area contributed by atoms with Gasteiger partial charge >= 0.3 is 6.03 Å². The first-order valence-electron chi connectivity index (χ1n) is 8.67. The molecule has 10 heteroatoms. The van der Waals surface area contributed by atoms with E-state index in [-0.39, 0.29) is 25.0 Å². The number of carbonyl (C=O) groups is 3. The average Bonchev–Trinajstić information content (AvgIpc) is 2.87. The summed E-state index contributed by atoms with van der Waals surface area (Å²) in [4.78, 5) is 35.4. The summed E-state index contributed by atoms with van der Waals surface area (Å²) in [6.07, 6.45) is 0.958. The lowest BCUT2D eigenvalue weighted by Crippen LogP contribution is -2.54. The Balaban J connectivity index is 1.56. The van der Waals surface area contributed by atoms with Crippen LogP contribution in [-0.2, 0) is 14.8 Å². The van der Waals surface area contributed by atoms with E-state index in [9.17, 15) is 22.8 Å². The summed E-state index contributed by atoms with van der Waals surface area (Å²) in [5.74, 6) is -1.34. The smallest absolute Gasteiger partial charge is 0.322 e. The van der Waals surface area contributed by atoms with Gasteiger partial charge in [0.2, 0.25) is 10.0 Å². The highest BCUT2D eigenvalue weighted by molar-refractivity contribution is 7.89. The van der Waals surface area contributed by atoms with Crippen molar-refractivity contribution in [3.05, 3.63) is 35.9 Å². The first kappa shape index (κ1) is 19.3. The molecule has 0 aromatic heterocycles. The Morgan fingerprint density at radius 3 is 2.41 bits per heavy atom. The maximum absolute atomic E-state index is 12.7. The highest BCUT2D eigenvalue weighted by atomic mass is 32.2. The van der Waals surface area contributed by atoms with Crippen LogP contribution in [0.25, 0.3) is 0 Å². The molecule has 0 unspecified atom stereocenters. The number of piperidine rings is 1. The Bertz CT molecular complexity index is 849. The summed E-state index contributed by atoms with van der Waals surface area (Å²) in [7, 11) is -3.74. The predicted octanol–water partition coefficient (Wildman–Crippen LogP) is -0.191. The molecule has 1 aromatic carbocycles. The van der Waals surface area contributed by atoms with Crippen LogP contribution >= 0.6 is 0 Å². The quantitative estimate of drug-likeness (QED) is 0.597. The molecule has 9 nitrogen and oxygen atoms in total. The summed E-state index contributed by atoms with van der Waals surface area (Å²) in [5, 5.41) is 7.34. The van der Waals surface area contributed by atoms with E-state index < -0.39 is 33.3 Å². The van der Waals surface area contributed by atoms with Crippen molar-refractivity contribution in [3.63, 3.8) is 0 Å². The third-order valence-electron chi connectivity index (χ3n) is 4.81. The van der Waals surface area contributed by atoms with Crippen LogP contribution in [0, 0.1) is 0 Å². The summed E-state index contributed by atoms with van der Waals surface area (Å²) in [6, 6.07) is 8.01. The lowest BCUT2D eigenvalue weighted by molar-refractivity contribution is -0.122. The van der Waals surface area contributed by atoms with Crippen LogP contribution in [0.3, 0.4) is 0 Å². The summed E-state index contributed by atoms with van der Waals surface area (Å²) >= 11 is 0. The molecular weight excluding hydrogens is 372 g/mol. The first-order valence-corrected chi connectivity index (χ1v) is 10.3. The van der Waals surface area contributed by atoms with E-state index in [4.69, 9.17) is 0 Å². The second-order valence-electron chi connectivity index (χ2n) is 7.01. The van der Waals surface area contributed by atoms with E-state index in [2.05, 4.69) is 16.0 Å². The van der Waals surface area contributed by atoms with Gasteiger partial charge in [0.15, 0.2) is 0 Å². The molecule has 2 aliphatic rings. The van der Waals surface area contributed by atoms with E-state index in [1.807, 2.05) is 6.07 Å². The van der Waals surface area contributed by atoms with E-state index >= 15 is 0 Å². The first-order chi connectivity index (χ1) is 12.7. The van der Waals surface area contributed by atoms with Gasteiger partial charge in [-0.25, -0.2) is 17.5 Å². The van der Waals surface area contributed by atoms with Crippen molar-refractivity contribution >= 4 is 27.9 Å². The van der Waals surface area contributed by atoms with Crippen molar-refractivity contribution in [3.8, 4) is 0 Å². The third-order valence-corrected chi connectivity index (χ3v) is 6.90. The van der Waals surface area contributed by atoms with Gasteiger partial charge in [0.1, 0.15) is 5.54 Å². The fourth-order valence-corrected chi connectivity index (χ4v) is 5.16. The lowest BCUT2D eigenvalue weighted by Gasteiger charge is -2.33. The number of amides is 4. The molecule has 1 aromatic rings. The van der Waals surface area contributed by atoms with Gasteiger partial charge < -0.3 is 10.6 Å². The van der Waals surface area contributed by atoms with Crippen LogP contribution in [0.15, 0.2) is 30.3 Å². The van der Waals surface area contributed by atoms with Gasteiger partial charge in [0, 0.05) is 24.7 Å². The predicted molar refractivity (Wildman–Crippen MR) is 97.4 cm³/mol. The molecule has 0 saturated carbocycles. The molecule has 146 valence electrons. The standard InChI is InChI=1S/C17H22N4O5S/c1-17(15(23)19-16(24)20-17)11-27(25,26)21-9-7-13(8-10-21)18-14(22)12-5-3-2-4-6-12/h2-6,13H,7-11H2,1H3,(H,18,22)(H2,19,20,23,24)/t17-/m1/s1. The molecule has 3 N–H and O–H groups in total. The SMILES string of the molecule is C[C@]1(CS(=O)(=O)N2CCC(NC(=O)c3ccccc3)CC2)NC(=O)NC1=O. The Kier molecular flexibility index (Phi) is 5.20. The monoisotopic (exact) mass is 394 g/mol. The minimum Gasteiger partial charge on any atom is -0.349 e. The van der Waals surface area contributed by atoms with Gasteiger partial charge in [-0.1, -0.05) is 18.2 Å². The van der Waals surface area contributed by atoms with Gasteiger partial charge in [-0.05, 0) is 31.9 Å². The Labute approximate surface area is 157 Å². The number of nitrogens with one attached hydrogen (secondary N) is 3. The minimum atomic E-state index is -3.74. The molecular formula is C17H22N4O5S. The third kappa shape index (κ3) is 4.28. The van der Waals surface area contributed by atoms with Gasteiger partial charge in [-0.3, -0.25) is 14.9 Å². The van der Waals surface area contributed by atoms with Crippen LogP contribution in [-0.4, -0.2) is 61.0 Å². The summed E-state index contributed by atoms with van der Waals surface area (Å²) in [5.41, 5.74) is -0.919. The van der Waals surface area contributed by atoms with Gasteiger partial charge in [0.25, 0.3) is 11.8 Å². The number of nitrogens with zero attached hydrogens (tertiary/aromatic N) is 1. The van der Waals surface area contributed by atoms with E-state index in [0.29, 0.717) is 18.4 Å². The molecule has 2 saturated heterocycles. The summed E-state index contributed by atoms with van der Waals surface area (Å²) < 4.78 is 26.6. The van der Waals surface area contributed by atoms with Crippen LogP contribution in [0.4, 0.5) is 4.79 Å². The number of sulfonamides is 1. The van der Waals surface area contributed by atoms with Gasteiger partial charge in [0.05, 0.1) is 5.75 Å². The normalized spacial score (nSPS) is 24.3. The molecule has 0 spiro atoms. The zero-order valence-corrected chi connectivity index (χ0v) is 15.7. The lowest BCUT2D eigenvalue weighted by atomic mass is 10.1. The van der Waals surface area contributed by atoms with Gasteiger partial charge in [-0.2, -0.15) is 0 Å². The zero-order valence-electron chi connectivity index (χ0n) is 14.9. The number of urea groups is 1. The van der Waals surface area contributed by atoms with E-state index in [0.717, 1.165) is 0 Å². The zero-order chi connectivity index (χ0) is 19.7. The van der Waals surface area contributed by atoms with Crippen molar-refractivity contribution in [2.24, 2.45) is 0 Å². The highest BCUT2D eigenvalue weighted by Gasteiger charge is 2.46. The topological polar surface area (TPSA) is 125 Å². The summed E-state index contributed by atoms with van der Waals surface area (Å²) in [6.45, 7) is 1.87. The maximum atomic E-state index is 12.7. The van der Waals surface area contributed by atoms with Gasteiger partial charge in [-0.15, -0.1) is 0 Å². The Morgan fingerprint density at radius 1 is 1.22 bits per heavy atom. The average molecular weight is 394 g/mol. The minimum absolute atomic E-state index is 0.116. The number of carbonyl (C=O) groups excluding carboxylic acids is 3. The molecule has 2 aliphatic heterocycles. The van der Waals surface area contributed by atoms with Crippen molar-refractivity contribution in [2.75, 3.05) is 18.8 Å². The Hall–Kier alpha value is -2.46. The molecule has 2 fully saturated rings. The van der Waals surface area contributed by atoms with E-state index in [1.165, 1.54) is 11.2 Å². The van der Waals surface area contributed by atoms with Crippen LogP contribution in [0.2, 0.25) is 0 Å². The molecule has 27 heavy (non-hydrogen) atoms. The molecule has 3 rings (SSSR count). The molecule has 2 heterocycles. The number of hydrogen-bond donors (Lipinski definition) is 3. The molecule has 0 bridgehead atoms. The number of benzene rings is 1. The number of hydrogen-bond acceptors (Lipinski definition) is 5. The van der Waals surface area contributed by atoms with Crippen molar-refractivity contribution < 1.29 is 22.8 Å². The Morgan fingerprint density at radius 2 is 1.85 bits per heavy atom. The van der Waals surface area contributed by atoms with Crippen LogP contribution in [0.5, 0.6) is 0 Å². The highest BCUT2D eigenvalue weighted by Crippen LogP contribution is 2.20.